The highest BCUT2D eigenvalue weighted by atomic mass is 19.4. The number of rotatable bonds is 5. The predicted molar refractivity (Wildman–Crippen MR) is 81.2 cm³/mol. The van der Waals surface area contributed by atoms with Crippen LogP contribution in [0.2, 0.25) is 0 Å². The summed E-state index contributed by atoms with van der Waals surface area (Å²) in [6, 6.07) is 0. The van der Waals surface area contributed by atoms with Gasteiger partial charge in [0.1, 0.15) is 0 Å². The van der Waals surface area contributed by atoms with Gasteiger partial charge in [-0.2, -0.15) is 13.2 Å². The van der Waals surface area contributed by atoms with E-state index in [1.54, 1.807) is 16.9 Å². The van der Waals surface area contributed by atoms with Crippen LogP contribution >= 0.6 is 0 Å². The lowest BCUT2D eigenvalue weighted by molar-refractivity contribution is -0.153. The first-order chi connectivity index (χ1) is 11.2. The number of ether oxygens (including phenoxy) is 1. The summed E-state index contributed by atoms with van der Waals surface area (Å²) in [4.78, 5) is 27.4. The van der Waals surface area contributed by atoms with Crippen LogP contribution in [0.5, 0.6) is 0 Å². The van der Waals surface area contributed by atoms with Crippen LogP contribution in [0.1, 0.15) is 38.5 Å². The van der Waals surface area contributed by atoms with Gasteiger partial charge in [-0.1, -0.05) is 0 Å². The van der Waals surface area contributed by atoms with Crippen LogP contribution in [0.25, 0.3) is 0 Å². The van der Waals surface area contributed by atoms with Gasteiger partial charge in [0.2, 0.25) is 11.8 Å². The average molecular weight is 350 g/mol. The number of likely N-dealkylation sites (tertiary alicyclic amines) is 2. The van der Waals surface area contributed by atoms with Crippen molar-refractivity contribution in [3.8, 4) is 0 Å². The molecule has 2 rings (SSSR count). The Morgan fingerprint density at radius 1 is 1.29 bits per heavy atom. The molecule has 2 saturated heterocycles. The third-order valence-electron chi connectivity index (χ3n) is 4.95. The minimum absolute atomic E-state index is 0.0817. The summed E-state index contributed by atoms with van der Waals surface area (Å²) in [5.74, 6) is -0.357. The van der Waals surface area contributed by atoms with Crippen molar-refractivity contribution >= 4 is 11.8 Å². The first-order valence-electron chi connectivity index (χ1n) is 8.36. The second-order valence-electron chi connectivity index (χ2n) is 6.84. The van der Waals surface area contributed by atoms with E-state index < -0.39 is 24.9 Å². The Morgan fingerprint density at radius 3 is 2.71 bits per heavy atom. The second-order valence-corrected chi connectivity index (χ2v) is 6.84. The van der Waals surface area contributed by atoms with Gasteiger partial charge in [-0.05, 0) is 19.3 Å². The number of carbonyl (C=O) groups is 2. The number of hydrogen-bond donors (Lipinski definition) is 0. The summed E-state index contributed by atoms with van der Waals surface area (Å²) in [5, 5.41) is 0. The van der Waals surface area contributed by atoms with Crippen molar-refractivity contribution in [2.24, 2.45) is 5.41 Å². The number of halogens is 3. The Hall–Kier alpha value is -1.31. The zero-order valence-electron chi connectivity index (χ0n) is 14.0. The number of carbonyl (C=O) groups excluding carboxylic acids is 2. The van der Waals surface area contributed by atoms with Gasteiger partial charge in [0.25, 0.3) is 0 Å². The maximum Gasteiger partial charge on any atom is 0.389 e. The van der Waals surface area contributed by atoms with Crippen molar-refractivity contribution in [3.05, 3.63) is 0 Å². The van der Waals surface area contributed by atoms with Crippen molar-refractivity contribution in [2.75, 3.05) is 39.9 Å². The number of alkyl halides is 3. The molecule has 24 heavy (non-hydrogen) atoms. The van der Waals surface area contributed by atoms with Gasteiger partial charge in [0.05, 0.1) is 13.0 Å². The van der Waals surface area contributed by atoms with Gasteiger partial charge in [-0.3, -0.25) is 9.59 Å². The molecule has 8 heteroatoms. The van der Waals surface area contributed by atoms with Crippen molar-refractivity contribution in [1.82, 2.24) is 9.80 Å². The molecule has 2 heterocycles. The summed E-state index contributed by atoms with van der Waals surface area (Å²) < 4.78 is 42.0. The van der Waals surface area contributed by atoms with Crippen molar-refractivity contribution < 1.29 is 27.5 Å². The molecule has 1 atom stereocenters. The van der Waals surface area contributed by atoms with E-state index in [1.165, 1.54) is 0 Å². The van der Waals surface area contributed by atoms with E-state index in [1.807, 2.05) is 0 Å². The highest BCUT2D eigenvalue weighted by Crippen LogP contribution is 2.39. The van der Waals surface area contributed by atoms with Gasteiger partial charge < -0.3 is 14.5 Å². The zero-order valence-corrected chi connectivity index (χ0v) is 14.0. The first-order valence-corrected chi connectivity index (χ1v) is 8.36. The summed E-state index contributed by atoms with van der Waals surface area (Å²) >= 11 is 0. The van der Waals surface area contributed by atoms with Gasteiger partial charge in [-0.25, -0.2) is 0 Å². The average Bonchev–Trinajstić information content (AvgIpc) is 2.53. The number of piperidine rings is 2. The third-order valence-corrected chi connectivity index (χ3v) is 4.95. The van der Waals surface area contributed by atoms with E-state index in [-0.39, 0.29) is 11.3 Å². The minimum atomic E-state index is -4.31. The van der Waals surface area contributed by atoms with E-state index in [2.05, 4.69) is 0 Å². The smallest absolute Gasteiger partial charge is 0.383 e. The summed E-state index contributed by atoms with van der Waals surface area (Å²) in [6.45, 7) is 2.47. The standard InChI is InChI=1S/C16H25F3N2O3/c1-24-10-9-21-12-15(6-3-13(21)22)5-2-8-20(11-15)14(23)4-7-16(17,18)19/h2-12H2,1H3. The van der Waals surface area contributed by atoms with E-state index in [0.29, 0.717) is 45.6 Å². The third kappa shape index (κ3) is 5.09. The van der Waals surface area contributed by atoms with Crippen LogP contribution < -0.4 is 0 Å². The molecule has 0 aromatic rings. The maximum atomic E-state index is 12.3. The summed E-state index contributed by atoms with van der Waals surface area (Å²) in [6.07, 6.45) is -3.10. The Kier molecular flexibility index (Phi) is 6.11. The normalized spacial score (nSPS) is 25.4. The van der Waals surface area contributed by atoms with E-state index in [9.17, 15) is 22.8 Å². The molecule has 1 unspecified atom stereocenters. The number of amides is 2. The SMILES string of the molecule is COCCN1CC2(CCCN(C(=O)CCC(F)(F)F)C2)CCC1=O. The van der Waals surface area contributed by atoms with Crippen LogP contribution in [0.15, 0.2) is 0 Å². The zero-order chi connectivity index (χ0) is 17.8. The van der Waals surface area contributed by atoms with Gasteiger partial charge in [0, 0.05) is 51.5 Å². The molecule has 2 fully saturated rings. The molecule has 0 aliphatic carbocycles. The maximum absolute atomic E-state index is 12.3. The van der Waals surface area contributed by atoms with Gasteiger partial charge in [0.15, 0.2) is 0 Å². The molecule has 2 aliphatic heterocycles. The monoisotopic (exact) mass is 350 g/mol. The fourth-order valence-electron chi connectivity index (χ4n) is 3.67. The molecule has 0 saturated carbocycles. The summed E-state index contributed by atoms with van der Waals surface area (Å²) in [5.41, 5.74) is -0.187. The topological polar surface area (TPSA) is 49.9 Å². The molecule has 0 radical (unpaired) electrons. The van der Waals surface area contributed by atoms with Gasteiger partial charge >= 0.3 is 6.18 Å². The lowest BCUT2D eigenvalue weighted by atomic mass is 9.73. The van der Waals surface area contributed by atoms with Crippen LogP contribution in [0.4, 0.5) is 13.2 Å². The molecule has 0 aromatic carbocycles. The molecule has 1 spiro atoms. The fraction of sp³-hybridized carbons (Fsp3) is 0.875. The van der Waals surface area contributed by atoms with Crippen molar-refractivity contribution in [2.45, 2.75) is 44.7 Å². The molecular weight excluding hydrogens is 325 g/mol. The van der Waals surface area contributed by atoms with Gasteiger partial charge in [-0.15, -0.1) is 0 Å². The molecule has 5 nitrogen and oxygen atoms in total. The molecule has 2 aliphatic rings. The van der Waals surface area contributed by atoms with E-state index in [0.717, 1.165) is 12.8 Å². The molecule has 0 aromatic heterocycles. The molecule has 0 bridgehead atoms. The molecule has 138 valence electrons. The lowest BCUT2D eigenvalue weighted by Gasteiger charge is -2.48. The molecular formula is C16H25F3N2O3. The highest BCUT2D eigenvalue weighted by Gasteiger charge is 2.42. The largest absolute Gasteiger partial charge is 0.389 e. The minimum Gasteiger partial charge on any atom is -0.383 e. The van der Waals surface area contributed by atoms with Crippen LogP contribution in [0.3, 0.4) is 0 Å². The Labute approximate surface area is 140 Å². The fourth-order valence-corrected chi connectivity index (χ4v) is 3.67. The van der Waals surface area contributed by atoms with Crippen LogP contribution in [-0.4, -0.2) is 67.7 Å². The van der Waals surface area contributed by atoms with E-state index in [4.69, 9.17) is 4.74 Å². The quantitative estimate of drug-likeness (QED) is 0.764. The lowest BCUT2D eigenvalue weighted by Crippen LogP contribution is -2.55. The first kappa shape index (κ1) is 19.0. The van der Waals surface area contributed by atoms with Crippen molar-refractivity contribution in [1.29, 1.82) is 0 Å². The second kappa shape index (κ2) is 7.72. The predicted octanol–water partition coefficient (Wildman–Crippen LogP) is 2.21. The van der Waals surface area contributed by atoms with Crippen LogP contribution in [0, 0.1) is 5.41 Å². The highest BCUT2D eigenvalue weighted by molar-refractivity contribution is 5.78. The number of nitrogens with zero attached hydrogens (tertiary/aromatic N) is 2. The van der Waals surface area contributed by atoms with Crippen LogP contribution in [-0.2, 0) is 14.3 Å². The Morgan fingerprint density at radius 2 is 2.04 bits per heavy atom. The Bertz CT molecular complexity index is 470. The molecule has 0 N–H and O–H groups in total. The number of hydrogen-bond acceptors (Lipinski definition) is 3. The van der Waals surface area contributed by atoms with E-state index >= 15 is 0 Å². The Balaban J connectivity index is 1.95. The summed E-state index contributed by atoms with van der Waals surface area (Å²) in [7, 11) is 1.58. The van der Waals surface area contributed by atoms with Crippen molar-refractivity contribution in [3.63, 3.8) is 0 Å². The molecule has 2 amide bonds. The number of methoxy groups -OCH3 is 1.